The van der Waals surface area contributed by atoms with Crippen LogP contribution in [0.15, 0.2) is 29.0 Å². The maximum absolute atomic E-state index is 8.56. The van der Waals surface area contributed by atoms with Gasteiger partial charge in [-0.2, -0.15) is 5.26 Å². The first-order valence-electron chi connectivity index (χ1n) is 4.27. The van der Waals surface area contributed by atoms with E-state index in [1.165, 1.54) is 6.39 Å². The molecule has 0 spiro atoms. The van der Waals surface area contributed by atoms with Gasteiger partial charge in [0.1, 0.15) is 5.52 Å². The molecule has 0 aliphatic rings. The summed E-state index contributed by atoms with van der Waals surface area (Å²) in [5.74, 6) is 0. The second kappa shape index (κ2) is 3.48. The largest absolute Gasteiger partial charge is 0.443 e. The molecule has 0 aliphatic carbocycles. The molecule has 1 heterocycles. The van der Waals surface area contributed by atoms with Gasteiger partial charge in [0.05, 0.1) is 12.1 Å². The summed E-state index contributed by atoms with van der Waals surface area (Å²) in [6.45, 7) is 0. The first-order chi connectivity index (χ1) is 6.79. The van der Waals surface area contributed by atoms with Crippen LogP contribution in [0.25, 0.3) is 11.1 Å². The van der Waals surface area contributed by atoms with Gasteiger partial charge in [-0.05, 0) is 17.7 Å². The zero-order chi connectivity index (χ0) is 9.97. The first kappa shape index (κ1) is 8.73. The van der Waals surface area contributed by atoms with Crippen LogP contribution in [-0.2, 0) is 6.42 Å². The monoisotopic (exact) mass is 187 g/mol. The van der Waals surface area contributed by atoms with Crippen molar-refractivity contribution in [1.82, 2.24) is 4.98 Å². The van der Waals surface area contributed by atoms with Gasteiger partial charge in [0.25, 0.3) is 0 Å². The molecule has 2 rings (SSSR count). The van der Waals surface area contributed by atoms with Crippen LogP contribution >= 0.6 is 0 Å². The average Bonchev–Trinajstić information content (AvgIpc) is 2.64. The lowest BCUT2D eigenvalue weighted by molar-refractivity contribution is 0.601. The van der Waals surface area contributed by atoms with E-state index in [0.717, 1.165) is 16.7 Å². The van der Waals surface area contributed by atoms with E-state index in [1.54, 1.807) is 0 Å². The van der Waals surface area contributed by atoms with Gasteiger partial charge in [-0.15, -0.1) is 0 Å². The minimum atomic E-state index is -0.463. The van der Waals surface area contributed by atoms with E-state index in [-0.39, 0.29) is 0 Å². The summed E-state index contributed by atoms with van der Waals surface area (Å²) in [5, 5.41) is 8.56. The third-order valence-electron chi connectivity index (χ3n) is 2.02. The van der Waals surface area contributed by atoms with Crippen molar-refractivity contribution in [3.63, 3.8) is 0 Å². The molecule has 2 N–H and O–H groups in total. The molecule has 0 radical (unpaired) electrons. The maximum Gasteiger partial charge on any atom is 0.181 e. The molecule has 0 saturated heterocycles. The summed E-state index contributed by atoms with van der Waals surface area (Å²) < 4.78 is 5.14. The standard InChI is InChI=1S/C10H9N3O/c11-5-8(12)3-7-1-2-9-10(4-7)14-6-13-9/h1-2,4,6,8H,3,12H2. The third kappa shape index (κ3) is 1.58. The Hall–Kier alpha value is -1.86. The molecule has 0 fully saturated rings. The van der Waals surface area contributed by atoms with Crippen LogP contribution in [0.4, 0.5) is 0 Å². The van der Waals surface area contributed by atoms with Crippen molar-refractivity contribution < 1.29 is 4.42 Å². The van der Waals surface area contributed by atoms with E-state index in [9.17, 15) is 0 Å². The molecule has 14 heavy (non-hydrogen) atoms. The second-order valence-corrected chi connectivity index (χ2v) is 3.09. The molecule has 0 amide bonds. The van der Waals surface area contributed by atoms with E-state index in [4.69, 9.17) is 15.4 Å². The number of nitriles is 1. The topological polar surface area (TPSA) is 75.8 Å². The van der Waals surface area contributed by atoms with Gasteiger partial charge in [0, 0.05) is 6.42 Å². The molecule has 2 aromatic rings. The fourth-order valence-corrected chi connectivity index (χ4v) is 1.33. The Morgan fingerprint density at radius 1 is 1.57 bits per heavy atom. The zero-order valence-electron chi connectivity index (χ0n) is 7.47. The van der Waals surface area contributed by atoms with Crippen molar-refractivity contribution in [2.24, 2.45) is 5.73 Å². The molecule has 70 valence electrons. The lowest BCUT2D eigenvalue weighted by Crippen LogP contribution is -2.19. The third-order valence-corrected chi connectivity index (χ3v) is 2.02. The average molecular weight is 187 g/mol. The highest BCUT2D eigenvalue weighted by Gasteiger charge is 2.04. The van der Waals surface area contributed by atoms with Crippen LogP contribution in [0.1, 0.15) is 5.56 Å². The number of hydrogen-bond donors (Lipinski definition) is 1. The number of nitrogens with zero attached hydrogens (tertiary/aromatic N) is 2. The summed E-state index contributed by atoms with van der Waals surface area (Å²) in [7, 11) is 0. The molecular weight excluding hydrogens is 178 g/mol. The Kier molecular flexibility index (Phi) is 2.17. The lowest BCUT2D eigenvalue weighted by Gasteiger charge is -2.01. The van der Waals surface area contributed by atoms with Crippen LogP contribution in [0.2, 0.25) is 0 Å². The summed E-state index contributed by atoms with van der Waals surface area (Å²) in [5.41, 5.74) is 8.05. The van der Waals surface area contributed by atoms with Gasteiger partial charge in [-0.1, -0.05) is 6.07 Å². The SMILES string of the molecule is N#CC(N)Cc1ccc2ncoc2c1. The number of rotatable bonds is 2. The molecule has 1 unspecified atom stereocenters. The fourth-order valence-electron chi connectivity index (χ4n) is 1.33. The Labute approximate surface area is 81.0 Å². The van der Waals surface area contributed by atoms with Crippen molar-refractivity contribution in [3.8, 4) is 6.07 Å². The van der Waals surface area contributed by atoms with E-state index < -0.39 is 6.04 Å². The zero-order valence-corrected chi connectivity index (χ0v) is 7.47. The molecule has 0 bridgehead atoms. The van der Waals surface area contributed by atoms with E-state index >= 15 is 0 Å². The Morgan fingerprint density at radius 3 is 3.21 bits per heavy atom. The van der Waals surface area contributed by atoms with Crippen LogP contribution in [0, 0.1) is 11.3 Å². The summed E-state index contributed by atoms with van der Waals surface area (Å²) in [6, 6.07) is 7.15. The normalized spacial score (nSPS) is 12.6. The quantitative estimate of drug-likeness (QED) is 0.766. The molecule has 1 aromatic heterocycles. The number of oxazole rings is 1. The van der Waals surface area contributed by atoms with Gasteiger partial charge < -0.3 is 10.2 Å². The lowest BCUT2D eigenvalue weighted by atomic mass is 10.1. The Morgan fingerprint density at radius 2 is 2.43 bits per heavy atom. The highest BCUT2D eigenvalue weighted by molar-refractivity contribution is 5.72. The minimum absolute atomic E-state index is 0.463. The predicted octanol–water partition coefficient (Wildman–Crippen LogP) is 1.22. The number of nitrogens with two attached hydrogens (primary N) is 1. The fraction of sp³-hybridized carbons (Fsp3) is 0.200. The molecule has 0 aliphatic heterocycles. The molecule has 4 heteroatoms. The van der Waals surface area contributed by atoms with Crippen LogP contribution in [-0.4, -0.2) is 11.0 Å². The smallest absolute Gasteiger partial charge is 0.181 e. The molecular formula is C10H9N3O. The van der Waals surface area contributed by atoms with Gasteiger partial charge in [-0.25, -0.2) is 4.98 Å². The number of hydrogen-bond acceptors (Lipinski definition) is 4. The Balaban J connectivity index is 2.31. The van der Waals surface area contributed by atoms with Gasteiger partial charge in [0.2, 0.25) is 0 Å². The first-order valence-corrected chi connectivity index (χ1v) is 4.27. The van der Waals surface area contributed by atoms with E-state index in [1.807, 2.05) is 24.3 Å². The minimum Gasteiger partial charge on any atom is -0.443 e. The van der Waals surface area contributed by atoms with E-state index in [2.05, 4.69) is 4.98 Å². The highest BCUT2D eigenvalue weighted by atomic mass is 16.3. The van der Waals surface area contributed by atoms with Crippen LogP contribution < -0.4 is 5.73 Å². The summed E-state index contributed by atoms with van der Waals surface area (Å²) >= 11 is 0. The van der Waals surface area contributed by atoms with Gasteiger partial charge >= 0.3 is 0 Å². The number of aromatic nitrogens is 1. The number of fused-ring (bicyclic) bond motifs is 1. The molecule has 0 saturated carbocycles. The predicted molar refractivity (Wildman–Crippen MR) is 51.3 cm³/mol. The van der Waals surface area contributed by atoms with Crippen LogP contribution in [0.3, 0.4) is 0 Å². The van der Waals surface area contributed by atoms with Crippen molar-refractivity contribution in [1.29, 1.82) is 5.26 Å². The van der Waals surface area contributed by atoms with E-state index in [0.29, 0.717) is 6.42 Å². The highest BCUT2D eigenvalue weighted by Crippen LogP contribution is 2.14. The van der Waals surface area contributed by atoms with Crippen molar-refractivity contribution in [2.75, 3.05) is 0 Å². The maximum atomic E-state index is 8.56. The molecule has 4 nitrogen and oxygen atoms in total. The van der Waals surface area contributed by atoms with Crippen molar-refractivity contribution >= 4 is 11.1 Å². The van der Waals surface area contributed by atoms with Gasteiger partial charge in [0.15, 0.2) is 12.0 Å². The molecule has 1 aromatic carbocycles. The molecule has 1 atom stereocenters. The Bertz CT molecular complexity index is 483. The second-order valence-electron chi connectivity index (χ2n) is 3.09. The van der Waals surface area contributed by atoms with Crippen LogP contribution in [0.5, 0.6) is 0 Å². The summed E-state index contributed by atoms with van der Waals surface area (Å²) in [6.07, 6.45) is 1.94. The summed E-state index contributed by atoms with van der Waals surface area (Å²) in [4.78, 5) is 4.00. The van der Waals surface area contributed by atoms with Crippen molar-refractivity contribution in [2.45, 2.75) is 12.5 Å². The number of benzene rings is 1. The van der Waals surface area contributed by atoms with Crippen molar-refractivity contribution in [3.05, 3.63) is 30.2 Å². The van der Waals surface area contributed by atoms with Gasteiger partial charge in [-0.3, -0.25) is 0 Å².